The second-order valence-corrected chi connectivity index (χ2v) is 8.28. The number of pyridine rings is 1. The maximum absolute atomic E-state index is 12.8. The number of anilines is 1. The molecular formula is C22H22BrN5O2. The lowest BCUT2D eigenvalue weighted by Crippen LogP contribution is -2.41. The van der Waals surface area contributed by atoms with Crippen molar-refractivity contribution in [2.45, 2.75) is 19.8 Å². The van der Waals surface area contributed by atoms with Crippen LogP contribution in [0.15, 0.2) is 53.3 Å². The number of hydrogen-bond acceptors (Lipinski definition) is 4. The molecule has 1 aliphatic rings. The van der Waals surface area contributed by atoms with Crippen molar-refractivity contribution in [3.8, 4) is 11.3 Å². The normalized spacial score (nSPS) is 14.5. The van der Waals surface area contributed by atoms with Crippen LogP contribution in [-0.2, 0) is 4.79 Å². The molecule has 154 valence electrons. The SMILES string of the molecule is Cc1cc(NC(=O)C2CCN(C(=O)c3cc(-c4cccnc4)n[nH]3)CC2)ccc1Br. The van der Waals surface area contributed by atoms with Gasteiger partial charge in [-0.2, -0.15) is 5.10 Å². The van der Waals surface area contributed by atoms with Crippen LogP contribution in [0.2, 0.25) is 0 Å². The molecule has 4 rings (SSSR count). The number of rotatable bonds is 4. The van der Waals surface area contributed by atoms with Crippen LogP contribution >= 0.6 is 15.9 Å². The minimum Gasteiger partial charge on any atom is -0.337 e. The summed E-state index contributed by atoms with van der Waals surface area (Å²) in [7, 11) is 0. The molecule has 0 spiro atoms. The lowest BCUT2D eigenvalue weighted by atomic mass is 9.95. The van der Waals surface area contributed by atoms with Gasteiger partial charge < -0.3 is 10.2 Å². The summed E-state index contributed by atoms with van der Waals surface area (Å²) in [6, 6.07) is 11.2. The van der Waals surface area contributed by atoms with E-state index in [1.54, 1.807) is 23.4 Å². The van der Waals surface area contributed by atoms with Crippen molar-refractivity contribution in [2.24, 2.45) is 5.92 Å². The van der Waals surface area contributed by atoms with Crippen molar-refractivity contribution >= 4 is 33.4 Å². The van der Waals surface area contributed by atoms with Crippen LogP contribution in [0.25, 0.3) is 11.3 Å². The third-order valence-electron chi connectivity index (χ3n) is 5.34. The van der Waals surface area contributed by atoms with E-state index in [1.165, 1.54) is 0 Å². The Hall–Kier alpha value is -3.00. The molecule has 0 saturated carbocycles. The number of carbonyl (C=O) groups excluding carboxylic acids is 2. The van der Waals surface area contributed by atoms with E-state index in [0.717, 1.165) is 21.3 Å². The number of hydrogen-bond donors (Lipinski definition) is 2. The molecule has 1 aromatic carbocycles. The molecule has 0 aliphatic carbocycles. The summed E-state index contributed by atoms with van der Waals surface area (Å²) in [5, 5.41) is 10.0. The Morgan fingerprint density at radius 3 is 2.70 bits per heavy atom. The van der Waals surface area contributed by atoms with Gasteiger partial charge in [0.05, 0.1) is 5.69 Å². The summed E-state index contributed by atoms with van der Waals surface area (Å²) in [5.74, 6) is -0.199. The van der Waals surface area contributed by atoms with Crippen LogP contribution in [0.1, 0.15) is 28.9 Å². The van der Waals surface area contributed by atoms with E-state index in [-0.39, 0.29) is 17.7 Å². The second-order valence-electron chi connectivity index (χ2n) is 7.43. The van der Waals surface area contributed by atoms with Gasteiger partial charge in [0.1, 0.15) is 5.69 Å². The number of nitrogens with one attached hydrogen (secondary N) is 2. The summed E-state index contributed by atoms with van der Waals surface area (Å²) in [4.78, 5) is 31.3. The number of nitrogens with zero attached hydrogens (tertiary/aromatic N) is 3. The molecule has 1 fully saturated rings. The fourth-order valence-corrected chi connectivity index (χ4v) is 3.82. The summed E-state index contributed by atoms with van der Waals surface area (Å²) in [5.41, 5.74) is 3.84. The number of benzene rings is 1. The quantitative estimate of drug-likeness (QED) is 0.605. The molecular weight excluding hydrogens is 446 g/mol. The highest BCUT2D eigenvalue weighted by atomic mass is 79.9. The van der Waals surface area contributed by atoms with Crippen molar-refractivity contribution in [3.05, 3.63) is 64.5 Å². The molecule has 2 N–H and O–H groups in total. The van der Waals surface area contributed by atoms with E-state index in [4.69, 9.17) is 0 Å². The molecule has 0 atom stereocenters. The second kappa shape index (κ2) is 8.79. The van der Waals surface area contributed by atoms with Gasteiger partial charge in [-0.15, -0.1) is 0 Å². The molecule has 2 aromatic heterocycles. The third-order valence-corrected chi connectivity index (χ3v) is 6.23. The molecule has 3 aromatic rings. The van der Waals surface area contributed by atoms with Crippen LogP contribution in [-0.4, -0.2) is 45.0 Å². The van der Waals surface area contributed by atoms with Crippen molar-refractivity contribution in [1.82, 2.24) is 20.1 Å². The van der Waals surface area contributed by atoms with E-state index < -0.39 is 0 Å². The zero-order chi connectivity index (χ0) is 21.1. The zero-order valence-electron chi connectivity index (χ0n) is 16.6. The van der Waals surface area contributed by atoms with E-state index in [2.05, 4.69) is 36.4 Å². The molecule has 0 bridgehead atoms. The topological polar surface area (TPSA) is 91.0 Å². The molecule has 1 aliphatic heterocycles. The van der Waals surface area contributed by atoms with E-state index in [9.17, 15) is 9.59 Å². The Bertz CT molecular complexity index is 1060. The zero-order valence-corrected chi connectivity index (χ0v) is 18.1. The Morgan fingerprint density at radius 2 is 2.00 bits per heavy atom. The van der Waals surface area contributed by atoms with E-state index >= 15 is 0 Å². The Labute approximate surface area is 183 Å². The Kier molecular flexibility index (Phi) is 5.94. The number of aromatic amines is 1. The first-order chi connectivity index (χ1) is 14.5. The van der Waals surface area contributed by atoms with Crippen molar-refractivity contribution in [3.63, 3.8) is 0 Å². The van der Waals surface area contributed by atoms with E-state index in [1.807, 2.05) is 37.3 Å². The molecule has 30 heavy (non-hydrogen) atoms. The highest BCUT2D eigenvalue weighted by Crippen LogP contribution is 2.24. The molecule has 3 heterocycles. The highest BCUT2D eigenvalue weighted by Gasteiger charge is 2.28. The maximum Gasteiger partial charge on any atom is 0.271 e. The van der Waals surface area contributed by atoms with Crippen molar-refractivity contribution in [1.29, 1.82) is 0 Å². The third kappa shape index (κ3) is 4.43. The molecule has 0 radical (unpaired) electrons. The summed E-state index contributed by atoms with van der Waals surface area (Å²) < 4.78 is 1.01. The van der Waals surface area contributed by atoms with Gasteiger partial charge in [-0.25, -0.2) is 0 Å². The number of amides is 2. The van der Waals surface area contributed by atoms with Crippen LogP contribution in [0.5, 0.6) is 0 Å². The predicted octanol–water partition coefficient (Wildman–Crippen LogP) is 4.03. The van der Waals surface area contributed by atoms with E-state index in [0.29, 0.717) is 37.3 Å². The predicted molar refractivity (Wildman–Crippen MR) is 118 cm³/mol. The molecule has 1 saturated heterocycles. The standard InChI is InChI=1S/C22H22BrN5O2/c1-14-11-17(4-5-18(14)23)25-21(29)15-6-9-28(10-7-15)22(30)20-12-19(26-27-20)16-3-2-8-24-13-16/h2-5,8,11-13,15H,6-7,9-10H2,1H3,(H,25,29)(H,26,27). The molecule has 0 unspecified atom stereocenters. The monoisotopic (exact) mass is 467 g/mol. The van der Waals surface area contributed by atoms with Gasteiger partial charge >= 0.3 is 0 Å². The largest absolute Gasteiger partial charge is 0.337 e. The lowest BCUT2D eigenvalue weighted by molar-refractivity contribution is -0.121. The van der Waals surface area contributed by atoms with Gasteiger partial charge in [-0.05, 0) is 61.7 Å². The molecule has 8 heteroatoms. The smallest absolute Gasteiger partial charge is 0.271 e. The minimum absolute atomic E-state index is 0.00391. The fourth-order valence-electron chi connectivity index (χ4n) is 3.58. The van der Waals surface area contributed by atoms with Crippen LogP contribution < -0.4 is 5.32 Å². The first-order valence-corrected chi connectivity index (χ1v) is 10.6. The fraction of sp³-hybridized carbons (Fsp3) is 0.273. The van der Waals surface area contributed by atoms with Crippen LogP contribution in [0.4, 0.5) is 5.69 Å². The number of piperidine rings is 1. The van der Waals surface area contributed by atoms with Gasteiger partial charge in [-0.1, -0.05) is 15.9 Å². The van der Waals surface area contributed by atoms with Crippen molar-refractivity contribution < 1.29 is 9.59 Å². The average Bonchev–Trinajstić information content (AvgIpc) is 3.27. The summed E-state index contributed by atoms with van der Waals surface area (Å²) in [6.45, 7) is 3.06. The van der Waals surface area contributed by atoms with Crippen molar-refractivity contribution in [2.75, 3.05) is 18.4 Å². The maximum atomic E-state index is 12.8. The van der Waals surface area contributed by atoms with Crippen LogP contribution in [0.3, 0.4) is 0 Å². The number of likely N-dealkylation sites (tertiary alicyclic amines) is 1. The van der Waals surface area contributed by atoms with Gasteiger partial charge in [0, 0.05) is 47.1 Å². The lowest BCUT2D eigenvalue weighted by Gasteiger charge is -2.31. The first kappa shape index (κ1) is 20.3. The summed E-state index contributed by atoms with van der Waals surface area (Å²) in [6.07, 6.45) is 4.68. The van der Waals surface area contributed by atoms with Crippen LogP contribution in [0, 0.1) is 12.8 Å². The summed E-state index contributed by atoms with van der Waals surface area (Å²) >= 11 is 3.47. The average molecular weight is 468 g/mol. The minimum atomic E-state index is -0.106. The number of carbonyl (C=O) groups is 2. The van der Waals surface area contributed by atoms with Gasteiger partial charge in [0.2, 0.25) is 5.91 Å². The Balaban J connectivity index is 1.34. The van der Waals surface area contributed by atoms with Gasteiger partial charge in [-0.3, -0.25) is 19.7 Å². The number of halogens is 1. The number of H-pyrrole nitrogens is 1. The highest BCUT2D eigenvalue weighted by molar-refractivity contribution is 9.10. The van der Waals surface area contributed by atoms with Gasteiger partial charge in [0.15, 0.2) is 0 Å². The molecule has 7 nitrogen and oxygen atoms in total. The molecule has 2 amide bonds. The van der Waals surface area contributed by atoms with Gasteiger partial charge in [0.25, 0.3) is 5.91 Å². The number of aryl methyl sites for hydroxylation is 1. The number of aromatic nitrogens is 3. The Morgan fingerprint density at radius 1 is 1.20 bits per heavy atom. The first-order valence-electron chi connectivity index (χ1n) is 9.83.